The third-order valence-electron chi connectivity index (χ3n) is 2.18. The first-order chi connectivity index (χ1) is 8.27. The van der Waals surface area contributed by atoms with Gasteiger partial charge in [-0.1, -0.05) is 48.5 Å². The minimum atomic E-state index is -2.76. The number of carbonyl (C=O) groups is 1. The Balaban J connectivity index is 2.09. The molecule has 0 fully saturated rings. The van der Waals surface area contributed by atoms with E-state index < -0.39 is 13.6 Å². The van der Waals surface area contributed by atoms with Gasteiger partial charge in [0.1, 0.15) is 5.75 Å². The highest BCUT2D eigenvalue weighted by molar-refractivity contribution is 7.60. The molecule has 1 atom stereocenters. The number of hydrogen-bond donors (Lipinski definition) is 0. The molecule has 0 aromatic heterocycles. The zero-order valence-electron chi connectivity index (χ0n) is 9.00. The molecule has 0 heterocycles. The van der Waals surface area contributed by atoms with Gasteiger partial charge in [0.25, 0.3) is 5.52 Å². The molecule has 3 nitrogen and oxygen atoms in total. The summed E-state index contributed by atoms with van der Waals surface area (Å²) >= 11 is 0. The standard InChI is InChI=1S/C13H11O3P/c14-13(11-7-3-1-4-8-11)17(15)16-12-9-5-2-6-10-12/h1-10,17H. The predicted octanol–water partition coefficient (Wildman–Crippen LogP) is 3.38. The Morgan fingerprint density at radius 3 is 2.00 bits per heavy atom. The quantitative estimate of drug-likeness (QED) is 0.776. The zero-order valence-corrected chi connectivity index (χ0v) is 10.00. The van der Waals surface area contributed by atoms with Crippen molar-refractivity contribution in [3.63, 3.8) is 0 Å². The highest BCUT2D eigenvalue weighted by Gasteiger charge is 2.15. The van der Waals surface area contributed by atoms with Crippen LogP contribution in [0.25, 0.3) is 0 Å². The molecule has 2 aromatic rings. The second-order valence-electron chi connectivity index (χ2n) is 3.40. The Labute approximate surface area is 99.9 Å². The molecule has 0 aliphatic heterocycles. The monoisotopic (exact) mass is 246 g/mol. The summed E-state index contributed by atoms with van der Waals surface area (Å²) < 4.78 is 16.9. The fourth-order valence-corrected chi connectivity index (χ4v) is 2.19. The lowest BCUT2D eigenvalue weighted by atomic mass is 10.2. The van der Waals surface area contributed by atoms with Crippen LogP contribution < -0.4 is 4.52 Å². The van der Waals surface area contributed by atoms with Gasteiger partial charge in [0.15, 0.2) is 0 Å². The Morgan fingerprint density at radius 2 is 1.41 bits per heavy atom. The Kier molecular flexibility index (Phi) is 3.73. The molecule has 2 rings (SSSR count). The van der Waals surface area contributed by atoms with Gasteiger partial charge in [-0.2, -0.15) is 0 Å². The number of para-hydroxylation sites is 1. The molecule has 0 aliphatic rings. The highest BCUT2D eigenvalue weighted by atomic mass is 31.1. The van der Waals surface area contributed by atoms with Crippen molar-refractivity contribution < 1.29 is 13.9 Å². The van der Waals surface area contributed by atoms with E-state index in [1.807, 2.05) is 6.07 Å². The molecule has 0 bridgehead atoms. The van der Waals surface area contributed by atoms with Crippen LogP contribution in [-0.2, 0) is 4.57 Å². The van der Waals surface area contributed by atoms with Gasteiger partial charge >= 0.3 is 8.03 Å². The van der Waals surface area contributed by atoms with Crippen LogP contribution in [0.2, 0.25) is 0 Å². The molecule has 0 saturated heterocycles. The van der Waals surface area contributed by atoms with E-state index in [0.717, 1.165) is 0 Å². The molecule has 0 spiro atoms. The lowest BCUT2D eigenvalue weighted by molar-refractivity contribution is 0.107. The van der Waals surface area contributed by atoms with Gasteiger partial charge in [0.2, 0.25) is 0 Å². The van der Waals surface area contributed by atoms with Crippen LogP contribution in [0.3, 0.4) is 0 Å². The van der Waals surface area contributed by atoms with E-state index in [-0.39, 0.29) is 0 Å². The maximum atomic E-state index is 11.8. The summed E-state index contributed by atoms with van der Waals surface area (Å²) in [7, 11) is -2.76. The van der Waals surface area contributed by atoms with Crippen molar-refractivity contribution in [1.82, 2.24) is 0 Å². The largest absolute Gasteiger partial charge is 0.440 e. The molecule has 0 N–H and O–H groups in total. The van der Waals surface area contributed by atoms with Crippen LogP contribution in [0.5, 0.6) is 5.75 Å². The summed E-state index contributed by atoms with van der Waals surface area (Å²) in [5, 5.41) is 0. The first-order valence-electron chi connectivity index (χ1n) is 5.14. The van der Waals surface area contributed by atoms with E-state index in [1.165, 1.54) is 0 Å². The van der Waals surface area contributed by atoms with Gasteiger partial charge in [-0.15, -0.1) is 0 Å². The van der Waals surface area contributed by atoms with Crippen molar-refractivity contribution in [3.05, 3.63) is 66.2 Å². The third-order valence-corrected chi connectivity index (χ3v) is 3.26. The molecule has 0 radical (unpaired) electrons. The minimum absolute atomic E-state index is 0.410. The maximum Gasteiger partial charge on any atom is 0.305 e. The van der Waals surface area contributed by atoms with E-state index in [1.54, 1.807) is 54.6 Å². The second-order valence-corrected chi connectivity index (χ2v) is 4.63. The van der Waals surface area contributed by atoms with Crippen molar-refractivity contribution >= 4 is 13.6 Å². The first kappa shape index (κ1) is 11.6. The van der Waals surface area contributed by atoms with Crippen LogP contribution in [0.15, 0.2) is 60.7 Å². The van der Waals surface area contributed by atoms with Crippen molar-refractivity contribution in [2.75, 3.05) is 0 Å². The highest BCUT2D eigenvalue weighted by Crippen LogP contribution is 2.30. The minimum Gasteiger partial charge on any atom is -0.440 e. The Hall–Kier alpha value is -1.86. The van der Waals surface area contributed by atoms with Gasteiger partial charge in [0, 0.05) is 5.56 Å². The summed E-state index contributed by atoms with van der Waals surface area (Å²) in [6.45, 7) is 0. The van der Waals surface area contributed by atoms with Gasteiger partial charge < -0.3 is 4.52 Å². The van der Waals surface area contributed by atoms with Crippen LogP contribution in [0.1, 0.15) is 10.4 Å². The molecular formula is C13H11O3P. The summed E-state index contributed by atoms with van der Waals surface area (Å²) in [5.41, 5.74) is -0.0493. The summed E-state index contributed by atoms with van der Waals surface area (Å²) in [6.07, 6.45) is 0. The lowest BCUT2D eigenvalue weighted by Gasteiger charge is -2.04. The Bertz CT molecular complexity index is 523. The number of benzene rings is 2. The molecule has 17 heavy (non-hydrogen) atoms. The second kappa shape index (κ2) is 5.46. The van der Waals surface area contributed by atoms with E-state index in [2.05, 4.69) is 0 Å². The number of hydrogen-bond acceptors (Lipinski definition) is 3. The molecule has 0 aliphatic carbocycles. The molecule has 86 valence electrons. The van der Waals surface area contributed by atoms with Crippen molar-refractivity contribution in [2.45, 2.75) is 0 Å². The first-order valence-corrected chi connectivity index (χ1v) is 6.45. The van der Waals surface area contributed by atoms with Crippen LogP contribution in [0.4, 0.5) is 0 Å². The summed E-state index contributed by atoms with van der Waals surface area (Å²) in [5.74, 6) is 0.445. The van der Waals surface area contributed by atoms with Gasteiger partial charge in [-0.25, -0.2) is 0 Å². The summed E-state index contributed by atoms with van der Waals surface area (Å²) in [4.78, 5) is 11.8. The average molecular weight is 246 g/mol. The topological polar surface area (TPSA) is 43.4 Å². The number of rotatable bonds is 4. The molecule has 2 aromatic carbocycles. The van der Waals surface area contributed by atoms with E-state index in [4.69, 9.17) is 4.52 Å². The Morgan fingerprint density at radius 1 is 0.882 bits per heavy atom. The third kappa shape index (κ3) is 3.05. The molecule has 4 heteroatoms. The zero-order chi connectivity index (χ0) is 12.1. The fourth-order valence-electron chi connectivity index (χ4n) is 1.35. The molecule has 0 amide bonds. The molecule has 1 unspecified atom stereocenters. The fraction of sp³-hybridized carbons (Fsp3) is 0. The van der Waals surface area contributed by atoms with Crippen LogP contribution in [-0.4, -0.2) is 5.52 Å². The van der Waals surface area contributed by atoms with Gasteiger partial charge in [-0.3, -0.25) is 9.36 Å². The van der Waals surface area contributed by atoms with Gasteiger partial charge in [-0.05, 0) is 12.1 Å². The van der Waals surface area contributed by atoms with Gasteiger partial charge in [0.05, 0.1) is 0 Å². The SMILES string of the molecule is O=C(c1ccccc1)[PH](=O)Oc1ccccc1. The van der Waals surface area contributed by atoms with Crippen molar-refractivity contribution in [3.8, 4) is 5.75 Å². The number of carbonyl (C=O) groups excluding carboxylic acids is 1. The predicted molar refractivity (Wildman–Crippen MR) is 66.8 cm³/mol. The smallest absolute Gasteiger partial charge is 0.305 e. The summed E-state index contributed by atoms with van der Waals surface area (Å²) in [6, 6.07) is 17.2. The average Bonchev–Trinajstić information content (AvgIpc) is 2.40. The van der Waals surface area contributed by atoms with Crippen molar-refractivity contribution in [1.29, 1.82) is 0 Å². The van der Waals surface area contributed by atoms with Crippen molar-refractivity contribution in [2.24, 2.45) is 0 Å². The molecular weight excluding hydrogens is 235 g/mol. The lowest BCUT2D eigenvalue weighted by Crippen LogP contribution is -1.96. The van der Waals surface area contributed by atoms with E-state index in [9.17, 15) is 9.36 Å². The maximum absolute atomic E-state index is 11.8. The molecule has 0 saturated carbocycles. The van der Waals surface area contributed by atoms with Crippen LogP contribution in [0, 0.1) is 0 Å². The van der Waals surface area contributed by atoms with E-state index in [0.29, 0.717) is 11.3 Å². The normalized spacial score (nSPS) is 11.8. The van der Waals surface area contributed by atoms with Crippen LogP contribution >= 0.6 is 8.03 Å². The van der Waals surface area contributed by atoms with E-state index >= 15 is 0 Å².